The third kappa shape index (κ3) is 2.85. The summed E-state index contributed by atoms with van der Waals surface area (Å²) in [6.45, 7) is 2.00. The Balaban J connectivity index is 1.78. The van der Waals surface area contributed by atoms with E-state index in [-0.39, 0.29) is 17.8 Å². The number of benzene rings is 1. The Morgan fingerprint density at radius 1 is 1.33 bits per heavy atom. The van der Waals surface area contributed by atoms with Crippen molar-refractivity contribution in [3.05, 3.63) is 53.7 Å². The van der Waals surface area contributed by atoms with Crippen molar-refractivity contribution in [2.45, 2.75) is 25.3 Å². The average Bonchev–Trinajstić information content (AvgIpc) is 3.51. The number of pyridine rings is 1. The van der Waals surface area contributed by atoms with Gasteiger partial charge in [-0.1, -0.05) is 12.1 Å². The second kappa shape index (κ2) is 6.20. The van der Waals surface area contributed by atoms with Gasteiger partial charge < -0.3 is 5.32 Å². The molecule has 4 rings (SSSR count). The summed E-state index contributed by atoms with van der Waals surface area (Å²) in [4.78, 5) is 18.8. The van der Waals surface area contributed by atoms with Crippen LogP contribution in [0, 0.1) is 28.6 Å². The Hall–Kier alpha value is -3.20. The van der Waals surface area contributed by atoms with Crippen LogP contribution in [0.25, 0.3) is 11.3 Å². The molecule has 6 nitrogen and oxygen atoms in total. The van der Waals surface area contributed by atoms with E-state index in [1.54, 1.807) is 19.3 Å². The fourth-order valence-corrected chi connectivity index (χ4v) is 3.99. The predicted molar refractivity (Wildman–Crippen MR) is 102 cm³/mol. The fourth-order valence-electron chi connectivity index (χ4n) is 3.99. The Morgan fingerprint density at radius 2 is 2.11 bits per heavy atom. The van der Waals surface area contributed by atoms with E-state index in [9.17, 15) is 4.79 Å². The van der Waals surface area contributed by atoms with Gasteiger partial charge in [-0.05, 0) is 55.5 Å². The van der Waals surface area contributed by atoms with Gasteiger partial charge in [-0.3, -0.25) is 20.1 Å². The third-order valence-electron chi connectivity index (χ3n) is 5.67. The molecule has 2 atom stereocenters. The third-order valence-corrected chi connectivity index (χ3v) is 5.67. The molecule has 2 heterocycles. The molecule has 6 heteroatoms. The summed E-state index contributed by atoms with van der Waals surface area (Å²) in [6.07, 6.45) is 3.81. The first-order chi connectivity index (χ1) is 12.9. The molecule has 2 aliphatic rings. The Labute approximate surface area is 158 Å². The van der Waals surface area contributed by atoms with Gasteiger partial charge in [-0.25, -0.2) is 0 Å². The first-order valence-electron chi connectivity index (χ1n) is 9.05. The normalized spacial score (nSPS) is 25.1. The standard InChI is InChI=1S/C21H21N5O/c1-21(18(14-6-7-14)19(27)26(2)20(23)25-21)16-8-9-24-17(11-16)15-5-3-4-13(10-15)12-22/h3-5,8-11,14,18H,6-7H2,1-2H3,(H2,23,25)/t18?,21-/m1/s1. The number of carbonyl (C=O) groups excluding carboxylic acids is 1. The van der Waals surface area contributed by atoms with Gasteiger partial charge in [0.05, 0.1) is 28.8 Å². The lowest BCUT2D eigenvalue weighted by Gasteiger charge is -2.46. The van der Waals surface area contributed by atoms with Gasteiger partial charge in [0, 0.05) is 18.8 Å². The van der Waals surface area contributed by atoms with Crippen LogP contribution in [-0.4, -0.2) is 28.8 Å². The van der Waals surface area contributed by atoms with Gasteiger partial charge in [-0.2, -0.15) is 5.26 Å². The number of hydrogen-bond donors (Lipinski definition) is 2. The summed E-state index contributed by atoms with van der Waals surface area (Å²) in [5.41, 5.74) is 2.46. The van der Waals surface area contributed by atoms with Gasteiger partial charge in [-0.15, -0.1) is 0 Å². The Bertz CT molecular complexity index is 975. The van der Waals surface area contributed by atoms with Crippen LogP contribution < -0.4 is 5.32 Å². The molecule has 2 fully saturated rings. The van der Waals surface area contributed by atoms with Crippen molar-refractivity contribution in [3.63, 3.8) is 0 Å². The quantitative estimate of drug-likeness (QED) is 0.881. The second-order valence-electron chi connectivity index (χ2n) is 7.51. The molecule has 1 aliphatic heterocycles. The van der Waals surface area contributed by atoms with Gasteiger partial charge in [0.1, 0.15) is 0 Å². The smallest absolute Gasteiger partial charge is 0.235 e. The number of nitrogens with one attached hydrogen (secondary N) is 2. The lowest BCUT2D eigenvalue weighted by Crippen LogP contribution is -2.64. The van der Waals surface area contributed by atoms with Crippen LogP contribution in [0.2, 0.25) is 0 Å². The zero-order valence-corrected chi connectivity index (χ0v) is 15.4. The van der Waals surface area contributed by atoms with Gasteiger partial charge >= 0.3 is 0 Å². The second-order valence-corrected chi connectivity index (χ2v) is 7.51. The zero-order chi connectivity index (χ0) is 19.2. The largest absolute Gasteiger partial charge is 0.346 e. The maximum absolute atomic E-state index is 12.9. The van der Waals surface area contributed by atoms with E-state index in [2.05, 4.69) is 16.4 Å². The van der Waals surface area contributed by atoms with E-state index in [1.807, 2.05) is 37.3 Å². The maximum atomic E-state index is 12.9. The van der Waals surface area contributed by atoms with Gasteiger partial charge in [0.2, 0.25) is 5.91 Å². The summed E-state index contributed by atoms with van der Waals surface area (Å²) in [6, 6.07) is 13.3. The molecule has 0 spiro atoms. The molecule has 1 aromatic heterocycles. The van der Waals surface area contributed by atoms with Crippen molar-refractivity contribution in [3.8, 4) is 17.3 Å². The van der Waals surface area contributed by atoms with E-state index in [4.69, 9.17) is 10.7 Å². The molecule has 0 radical (unpaired) electrons. The minimum absolute atomic E-state index is 0.00594. The average molecular weight is 359 g/mol. The molecule has 2 aromatic rings. The van der Waals surface area contributed by atoms with Crippen LogP contribution in [0.3, 0.4) is 0 Å². The highest BCUT2D eigenvalue weighted by atomic mass is 16.2. The minimum atomic E-state index is -0.660. The molecule has 1 saturated carbocycles. The van der Waals surface area contributed by atoms with E-state index in [1.165, 1.54) is 4.90 Å². The van der Waals surface area contributed by atoms with Crippen LogP contribution in [0.5, 0.6) is 0 Å². The van der Waals surface area contributed by atoms with E-state index in [0.717, 1.165) is 29.7 Å². The lowest BCUT2D eigenvalue weighted by molar-refractivity contribution is -0.136. The van der Waals surface area contributed by atoms with Crippen molar-refractivity contribution >= 4 is 11.9 Å². The van der Waals surface area contributed by atoms with Crippen molar-refractivity contribution < 1.29 is 4.79 Å². The number of carbonyl (C=O) groups is 1. The van der Waals surface area contributed by atoms with E-state index in [0.29, 0.717) is 11.5 Å². The van der Waals surface area contributed by atoms with E-state index >= 15 is 0 Å². The van der Waals surface area contributed by atoms with Crippen LogP contribution in [0.4, 0.5) is 0 Å². The number of guanidine groups is 1. The SMILES string of the molecule is CN1C(=N)N[C@](C)(c2ccnc(-c3cccc(C#N)c3)c2)C(C2CC2)C1=O. The molecule has 1 aromatic carbocycles. The van der Waals surface area contributed by atoms with Crippen molar-refractivity contribution in [2.75, 3.05) is 7.05 Å². The van der Waals surface area contributed by atoms with Crippen LogP contribution >= 0.6 is 0 Å². The molecule has 1 saturated heterocycles. The molecular formula is C21H21N5O. The molecule has 136 valence electrons. The Kier molecular flexibility index (Phi) is 3.96. The minimum Gasteiger partial charge on any atom is -0.346 e. The van der Waals surface area contributed by atoms with Crippen molar-refractivity contribution in [1.82, 2.24) is 15.2 Å². The molecular weight excluding hydrogens is 338 g/mol. The highest BCUT2D eigenvalue weighted by molar-refractivity contribution is 6.00. The Morgan fingerprint density at radius 3 is 2.81 bits per heavy atom. The number of hydrogen-bond acceptors (Lipinski definition) is 4. The number of aromatic nitrogens is 1. The van der Waals surface area contributed by atoms with E-state index < -0.39 is 5.54 Å². The molecule has 1 unspecified atom stereocenters. The summed E-state index contributed by atoms with van der Waals surface area (Å²) in [7, 11) is 1.65. The number of nitriles is 1. The maximum Gasteiger partial charge on any atom is 0.235 e. The zero-order valence-electron chi connectivity index (χ0n) is 15.4. The summed E-state index contributed by atoms with van der Waals surface area (Å²) < 4.78 is 0. The number of nitrogens with zero attached hydrogens (tertiary/aromatic N) is 3. The number of amides is 1. The van der Waals surface area contributed by atoms with Gasteiger partial charge in [0.25, 0.3) is 0 Å². The molecule has 0 bridgehead atoms. The van der Waals surface area contributed by atoms with Gasteiger partial charge in [0.15, 0.2) is 5.96 Å². The lowest BCUT2D eigenvalue weighted by atomic mass is 9.74. The highest BCUT2D eigenvalue weighted by Gasteiger charge is 2.53. The summed E-state index contributed by atoms with van der Waals surface area (Å²) in [5, 5.41) is 20.6. The first kappa shape index (κ1) is 17.2. The van der Waals surface area contributed by atoms with Crippen LogP contribution in [-0.2, 0) is 10.3 Å². The van der Waals surface area contributed by atoms with Crippen LogP contribution in [0.1, 0.15) is 30.9 Å². The predicted octanol–water partition coefficient (Wildman–Crippen LogP) is 2.86. The monoisotopic (exact) mass is 359 g/mol. The highest BCUT2D eigenvalue weighted by Crippen LogP contribution is 2.48. The topological polar surface area (TPSA) is 92.9 Å². The van der Waals surface area contributed by atoms with Crippen LogP contribution in [0.15, 0.2) is 42.6 Å². The fraction of sp³-hybridized carbons (Fsp3) is 0.333. The summed E-state index contributed by atoms with van der Waals surface area (Å²) in [5.74, 6) is 0.235. The summed E-state index contributed by atoms with van der Waals surface area (Å²) >= 11 is 0. The van der Waals surface area contributed by atoms with Crippen molar-refractivity contribution in [1.29, 1.82) is 10.7 Å². The molecule has 1 aliphatic carbocycles. The van der Waals surface area contributed by atoms with Crippen molar-refractivity contribution in [2.24, 2.45) is 11.8 Å². The molecule has 27 heavy (non-hydrogen) atoms. The first-order valence-corrected chi connectivity index (χ1v) is 9.05. The molecule has 2 N–H and O–H groups in total. The molecule has 1 amide bonds. The number of rotatable bonds is 3.